The number of hydrogen-bond donors (Lipinski definition) is 0. The summed E-state index contributed by atoms with van der Waals surface area (Å²) >= 11 is 0. The predicted octanol–water partition coefficient (Wildman–Crippen LogP) is 3.44. The Morgan fingerprint density at radius 3 is 2.85 bits per heavy atom. The predicted molar refractivity (Wildman–Crippen MR) is 103 cm³/mol. The lowest BCUT2D eigenvalue weighted by Gasteiger charge is -2.57. The van der Waals surface area contributed by atoms with Crippen LogP contribution in [0.15, 0.2) is 29.8 Å². The molecule has 2 aliphatic heterocycles. The van der Waals surface area contributed by atoms with Crippen LogP contribution < -0.4 is 4.74 Å². The van der Waals surface area contributed by atoms with Crippen molar-refractivity contribution >= 4 is 0 Å². The molecule has 2 heterocycles. The Hall–Kier alpha value is -1.36. The maximum absolute atomic E-state index is 6.18. The number of methoxy groups -OCH3 is 1. The summed E-state index contributed by atoms with van der Waals surface area (Å²) in [6.07, 6.45) is 9.49. The van der Waals surface area contributed by atoms with Crippen LogP contribution in [0.1, 0.15) is 43.2 Å². The zero-order valence-corrected chi connectivity index (χ0v) is 16.2. The molecule has 2 saturated heterocycles. The van der Waals surface area contributed by atoms with Crippen molar-refractivity contribution in [1.29, 1.82) is 0 Å². The second kappa shape index (κ2) is 5.82. The molecule has 0 amide bonds. The Bertz CT molecular complexity index is 793. The first-order valence-corrected chi connectivity index (χ1v) is 10.6. The second-order valence-electron chi connectivity index (χ2n) is 9.16. The molecule has 3 fully saturated rings. The van der Waals surface area contributed by atoms with Crippen LogP contribution in [-0.4, -0.2) is 50.1 Å². The lowest BCUT2D eigenvalue weighted by Crippen LogP contribution is -2.59. The van der Waals surface area contributed by atoms with E-state index >= 15 is 0 Å². The number of rotatable bonds is 3. The summed E-state index contributed by atoms with van der Waals surface area (Å²) in [7, 11) is 1.77. The zero-order valence-electron chi connectivity index (χ0n) is 16.2. The third-order valence-electron chi connectivity index (χ3n) is 7.63. The van der Waals surface area contributed by atoms with Crippen molar-refractivity contribution in [3.8, 4) is 5.75 Å². The van der Waals surface area contributed by atoms with Crippen LogP contribution in [0, 0.1) is 5.92 Å². The van der Waals surface area contributed by atoms with Gasteiger partial charge in [-0.1, -0.05) is 12.1 Å². The highest BCUT2D eigenvalue weighted by molar-refractivity contribution is 5.54. The van der Waals surface area contributed by atoms with E-state index in [1.54, 1.807) is 12.7 Å². The number of hydrogen-bond acceptors (Lipinski definition) is 4. The van der Waals surface area contributed by atoms with E-state index in [-0.39, 0.29) is 5.41 Å². The Kier molecular flexibility index (Phi) is 3.57. The minimum Gasteiger partial charge on any atom is -0.497 e. The lowest BCUT2D eigenvalue weighted by atomic mass is 9.55. The fourth-order valence-electron chi connectivity index (χ4n) is 6.18. The van der Waals surface area contributed by atoms with Crippen LogP contribution in [0.5, 0.6) is 5.75 Å². The fourth-order valence-corrected chi connectivity index (χ4v) is 6.18. The SMILES string of the molecule is COc1ccc2c(c1)[C@]13CCN(CC4CC4)C(C2)C1=CCC1(C3)OCCO1. The molecule has 3 aliphatic carbocycles. The molecule has 0 aromatic heterocycles. The molecular formula is C23H29NO3. The monoisotopic (exact) mass is 367 g/mol. The van der Waals surface area contributed by atoms with Gasteiger partial charge < -0.3 is 14.2 Å². The molecule has 27 heavy (non-hydrogen) atoms. The molecule has 1 aromatic rings. The van der Waals surface area contributed by atoms with Crippen LogP contribution in [0.2, 0.25) is 0 Å². The van der Waals surface area contributed by atoms with Gasteiger partial charge in [-0.15, -0.1) is 0 Å². The van der Waals surface area contributed by atoms with Crippen molar-refractivity contribution in [1.82, 2.24) is 4.90 Å². The topological polar surface area (TPSA) is 30.9 Å². The van der Waals surface area contributed by atoms with E-state index in [0.29, 0.717) is 6.04 Å². The summed E-state index contributed by atoms with van der Waals surface area (Å²) in [5.74, 6) is 1.49. The molecule has 1 unspecified atom stereocenters. The molecule has 1 spiro atoms. The van der Waals surface area contributed by atoms with Crippen LogP contribution in [0.25, 0.3) is 0 Å². The van der Waals surface area contributed by atoms with Gasteiger partial charge in [0, 0.05) is 30.8 Å². The van der Waals surface area contributed by atoms with E-state index in [4.69, 9.17) is 14.2 Å². The standard InChI is InChI=1S/C23H29NO3/c1-25-18-5-4-17-12-21-19-6-7-23(26-10-11-27-23)15-22(19,20(17)13-18)8-9-24(21)14-16-2-3-16/h4-6,13,16,21H,2-3,7-12,14-15H2,1H3/t21?,22-/m0/s1. The van der Waals surface area contributed by atoms with Crippen molar-refractivity contribution in [2.24, 2.45) is 5.92 Å². The summed E-state index contributed by atoms with van der Waals surface area (Å²) < 4.78 is 18.0. The van der Waals surface area contributed by atoms with E-state index in [1.807, 2.05) is 0 Å². The summed E-state index contributed by atoms with van der Waals surface area (Å²) in [5.41, 5.74) is 4.65. The molecule has 6 rings (SSSR count). The van der Waals surface area contributed by atoms with Gasteiger partial charge in [0.15, 0.2) is 5.79 Å². The summed E-state index contributed by atoms with van der Waals surface area (Å²) in [5, 5.41) is 0. The van der Waals surface area contributed by atoms with Crippen LogP contribution in [-0.2, 0) is 21.3 Å². The third kappa shape index (κ3) is 2.46. The quantitative estimate of drug-likeness (QED) is 0.766. The molecule has 5 aliphatic rings. The Morgan fingerprint density at radius 1 is 1.22 bits per heavy atom. The number of nitrogens with zero attached hydrogens (tertiary/aromatic N) is 1. The molecule has 2 bridgehead atoms. The highest BCUT2D eigenvalue weighted by Gasteiger charge is 2.57. The van der Waals surface area contributed by atoms with E-state index in [2.05, 4.69) is 29.2 Å². The summed E-state index contributed by atoms with van der Waals surface area (Å²) in [4.78, 5) is 2.78. The number of piperidine rings is 1. The van der Waals surface area contributed by atoms with E-state index in [0.717, 1.165) is 50.6 Å². The minimum atomic E-state index is -0.412. The number of fused-ring (bicyclic) bond motifs is 1. The fraction of sp³-hybridized carbons (Fsp3) is 0.652. The van der Waals surface area contributed by atoms with Crippen molar-refractivity contribution in [2.45, 2.75) is 55.8 Å². The first kappa shape index (κ1) is 16.6. The van der Waals surface area contributed by atoms with E-state index < -0.39 is 5.79 Å². The van der Waals surface area contributed by atoms with Gasteiger partial charge in [-0.25, -0.2) is 0 Å². The van der Waals surface area contributed by atoms with Gasteiger partial charge in [0.25, 0.3) is 0 Å². The molecule has 1 saturated carbocycles. The molecule has 0 radical (unpaired) electrons. The van der Waals surface area contributed by atoms with Gasteiger partial charge in [0.2, 0.25) is 0 Å². The largest absolute Gasteiger partial charge is 0.497 e. The number of likely N-dealkylation sites (tertiary alicyclic amines) is 1. The molecule has 0 N–H and O–H groups in total. The van der Waals surface area contributed by atoms with E-state index in [1.165, 1.54) is 37.1 Å². The highest BCUT2D eigenvalue weighted by atomic mass is 16.7. The van der Waals surface area contributed by atoms with Gasteiger partial charge >= 0.3 is 0 Å². The van der Waals surface area contributed by atoms with Crippen molar-refractivity contribution in [3.05, 3.63) is 41.0 Å². The average molecular weight is 367 g/mol. The number of ether oxygens (including phenoxy) is 3. The van der Waals surface area contributed by atoms with Gasteiger partial charge in [-0.3, -0.25) is 4.90 Å². The molecule has 4 nitrogen and oxygen atoms in total. The average Bonchev–Trinajstić information content (AvgIpc) is 3.41. The minimum absolute atomic E-state index is 0.0510. The lowest BCUT2D eigenvalue weighted by molar-refractivity contribution is -0.176. The van der Waals surface area contributed by atoms with Gasteiger partial charge in [0.1, 0.15) is 5.75 Å². The van der Waals surface area contributed by atoms with Crippen LogP contribution in [0.4, 0.5) is 0 Å². The van der Waals surface area contributed by atoms with E-state index in [9.17, 15) is 0 Å². The Morgan fingerprint density at radius 2 is 2.07 bits per heavy atom. The van der Waals surface area contributed by atoms with Crippen molar-refractivity contribution in [3.63, 3.8) is 0 Å². The molecule has 4 heteroatoms. The molecule has 2 atom stereocenters. The van der Waals surface area contributed by atoms with Gasteiger partial charge in [0.05, 0.1) is 20.3 Å². The summed E-state index contributed by atoms with van der Waals surface area (Å²) in [6.45, 7) is 3.91. The van der Waals surface area contributed by atoms with Gasteiger partial charge in [-0.05, 0) is 67.0 Å². The number of benzene rings is 1. The first-order chi connectivity index (χ1) is 13.2. The van der Waals surface area contributed by atoms with Crippen molar-refractivity contribution < 1.29 is 14.2 Å². The molecular weight excluding hydrogens is 338 g/mol. The zero-order chi connectivity index (χ0) is 18.1. The molecule has 144 valence electrons. The molecule has 1 aromatic carbocycles. The normalized spacial score (nSPS) is 34.1. The van der Waals surface area contributed by atoms with Crippen LogP contribution >= 0.6 is 0 Å². The summed E-state index contributed by atoms with van der Waals surface area (Å²) in [6, 6.07) is 7.28. The second-order valence-corrected chi connectivity index (χ2v) is 9.16. The first-order valence-electron chi connectivity index (χ1n) is 10.6. The maximum atomic E-state index is 6.18. The Balaban J connectivity index is 1.48. The third-order valence-corrected chi connectivity index (χ3v) is 7.63. The smallest absolute Gasteiger partial charge is 0.173 e. The van der Waals surface area contributed by atoms with Crippen molar-refractivity contribution in [2.75, 3.05) is 33.4 Å². The Labute approximate surface area is 161 Å². The maximum Gasteiger partial charge on any atom is 0.173 e. The van der Waals surface area contributed by atoms with Gasteiger partial charge in [-0.2, -0.15) is 0 Å². The van der Waals surface area contributed by atoms with Crippen LogP contribution in [0.3, 0.4) is 0 Å². The highest BCUT2D eigenvalue weighted by Crippen LogP contribution is 2.57.